The molecule has 0 aliphatic heterocycles. The summed E-state index contributed by atoms with van der Waals surface area (Å²) in [6, 6.07) is 16.9. The second kappa shape index (κ2) is 8.69. The standard InChI is InChI=1S/C22H18ClNO5S/c1-14-8-10-17(13-18(14)22(26)29-2)30(27,28)24-20-11-9-16(23)12-19(20)21(25)15-6-4-3-5-7-15/h3-13,24H,1-2H3. The van der Waals surface area contributed by atoms with E-state index in [9.17, 15) is 18.0 Å². The maximum absolute atomic E-state index is 13.0. The third-order valence-electron chi connectivity index (χ3n) is 4.43. The number of ketones is 1. The number of sulfonamides is 1. The van der Waals surface area contributed by atoms with Gasteiger partial charge in [0.25, 0.3) is 10.0 Å². The Kier molecular flexibility index (Phi) is 6.24. The summed E-state index contributed by atoms with van der Waals surface area (Å²) in [7, 11) is -2.88. The summed E-state index contributed by atoms with van der Waals surface area (Å²) in [5, 5.41) is 0.292. The highest BCUT2D eigenvalue weighted by Gasteiger charge is 2.22. The van der Waals surface area contributed by atoms with Crippen LogP contribution in [0.25, 0.3) is 0 Å². The molecule has 154 valence electrons. The van der Waals surface area contributed by atoms with Crippen molar-refractivity contribution in [2.75, 3.05) is 11.8 Å². The van der Waals surface area contributed by atoms with Gasteiger partial charge in [0.15, 0.2) is 5.78 Å². The molecule has 0 saturated heterocycles. The Labute approximate surface area is 179 Å². The number of nitrogens with one attached hydrogen (secondary N) is 1. The van der Waals surface area contributed by atoms with Crippen LogP contribution in [0.2, 0.25) is 5.02 Å². The second-order valence-corrected chi connectivity index (χ2v) is 8.58. The lowest BCUT2D eigenvalue weighted by Crippen LogP contribution is -2.17. The topological polar surface area (TPSA) is 89.5 Å². The lowest BCUT2D eigenvalue weighted by molar-refractivity contribution is 0.0599. The molecule has 6 nitrogen and oxygen atoms in total. The normalized spacial score (nSPS) is 11.0. The third-order valence-corrected chi connectivity index (χ3v) is 6.03. The highest BCUT2D eigenvalue weighted by molar-refractivity contribution is 7.92. The Bertz CT molecular complexity index is 1220. The molecule has 0 radical (unpaired) electrons. The van der Waals surface area contributed by atoms with Gasteiger partial charge in [-0.15, -0.1) is 0 Å². The molecular formula is C22H18ClNO5S. The number of carbonyl (C=O) groups is 2. The molecule has 0 atom stereocenters. The van der Waals surface area contributed by atoms with Crippen molar-refractivity contribution in [1.29, 1.82) is 0 Å². The number of anilines is 1. The van der Waals surface area contributed by atoms with E-state index in [0.717, 1.165) is 0 Å². The molecule has 0 aromatic heterocycles. The maximum Gasteiger partial charge on any atom is 0.338 e. The summed E-state index contributed by atoms with van der Waals surface area (Å²) in [6.45, 7) is 1.67. The summed E-state index contributed by atoms with van der Waals surface area (Å²) in [5.41, 5.74) is 1.29. The molecule has 0 bridgehead atoms. The third kappa shape index (κ3) is 4.53. The van der Waals surface area contributed by atoms with Crippen molar-refractivity contribution >= 4 is 39.1 Å². The summed E-state index contributed by atoms with van der Waals surface area (Å²) in [6.07, 6.45) is 0. The van der Waals surface area contributed by atoms with Gasteiger partial charge < -0.3 is 4.74 Å². The molecule has 3 aromatic carbocycles. The first-order valence-corrected chi connectivity index (χ1v) is 10.7. The van der Waals surface area contributed by atoms with Crippen LogP contribution in [0.5, 0.6) is 0 Å². The lowest BCUT2D eigenvalue weighted by atomic mass is 10.0. The average molecular weight is 444 g/mol. The SMILES string of the molecule is COC(=O)c1cc(S(=O)(=O)Nc2ccc(Cl)cc2C(=O)c2ccccc2)ccc1C. The van der Waals surface area contributed by atoms with Crippen molar-refractivity contribution in [2.24, 2.45) is 0 Å². The quantitative estimate of drug-likeness (QED) is 0.448. The molecule has 0 aliphatic rings. The predicted octanol–water partition coefficient (Wildman–Crippen LogP) is 4.47. The van der Waals surface area contributed by atoms with Crippen LogP contribution in [0.15, 0.2) is 71.6 Å². The van der Waals surface area contributed by atoms with E-state index in [2.05, 4.69) is 4.72 Å². The van der Waals surface area contributed by atoms with Gasteiger partial charge in [-0.25, -0.2) is 13.2 Å². The van der Waals surface area contributed by atoms with Gasteiger partial charge in [0.1, 0.15) is 0 Å². The zero-order valence-corrected chi connectivity index (χ0v) is 17.8. The summed E-state index contributed by atoms with van der Waals surface area (Å²) < 4.78 is 33.1. The van der Waals surface area contributed by atoms with Gasteiger partial charge in [-0.1, -0.05) is 48.0 Å². The van der Waals surface area contributed by atoms with E-state index in [0.29, 0.717) is 16.1 Å². The minimum absolute atomic E-state index is 0.0773. The number of hydrogen-bond acceptors (Lipinski definition) is 5. The Morgan fingerprint density at radius 3 is 2.30 bits per heavy atom. The fraction of sp³-hybridized carbons (Fsp3) is 0.0909. The van der Waals surface area contributed by atoms with Crippen LogP contribution in [-0.4, -0.2) is 27.3 Å². The Morgan fingerprint density at radius 1 is 0.933 bits per heavy atom. The van der Waals surface area contributed by atoms with E-state index in [-0.39, 0.29) is 27.5 Å². The fourth-order valence-electron chi connectivity index (χ4n) is 2.84. The Hall–Kier alpha value is -3.16. The van der Waals surface area contributed by atoms with E-state index in [4.69, 9.17) is 16.3 Å². The van der Waals surface area contributed by atoms with Crippen LogP contribution in [0, 0.1) is 6.92 Å². The number of benzene rings is 3. The van der Waals surface area contributed by atoms with Gasteiger partial charge in [-0.3, -0.25) is 9.52 Å². The minimum atomic E-state index is -4.10. The van der Waals surface area contributed by atoms with Crippen molar-refractivity contribution in [3.8, 4) is 0 Å². The molecule has 0 fully saturated rings. The first kappa shape index (κ1) is 21.5. The summed E-state index contributed by atoms with van der Waals surface area (Å²) in [5.74, 6) is -1.02. The molecule has 0 amide bonds. The van der Waals surface area contributed by atoms with Gasteiger partial charge in [0, 0.05) is 16.1 Å². The highest BCUT2D eigenvalue weighted by Crippen LogP contribution is 2.27. The Morgan fingerprint density at radius 2 is 1.63 bits per heavy atom. The molecule has 3 aromatic rings. The molecule has 3 rings (SSSR count). The predicted molar refractivity (Wildman–Crippen MR) is 115 cm³/mol. The molecule has 0 spiro atoms. The molecule has 0 unspecified atom stereocenters. The van der Waals surface area contributed by atoms with Gasteiger partial charge in [-0.2, -0.15) is 0 Å². The number of methoxy groups -OCH3 is 1. The van der Waals surface area contributed by atoms with Crippen LogP contribution in [0.4, 0.5) is 5.69 Å². The van der Waals surface area contributed by atoms with Crippen molar-refractivity contribution in [3.63, 3.8) is 0 Å². The molecule has 8 heteroatoms. The van der Waals surface area contributed by atoms with E-state index in [1.807, 2.05) is 0 Å². The van der Waals surface area contributed by atoms with E-state index in [1.165, 1.54) is 43.5 Å². The highest BCUT2D eigenvalue weighted by atomic mass is 35.5. The van der Waals surface area contributed by atoms with Gasteiger partial charge in [-0.05, 0) is 42.8 Å². The summed E-state index contributed by atoms with van der Waals surface area (Å²) >= 11 is 6.04. The number of rotatable bonds is 6. The van der Waals surface area contributed by atoms with Crippen molar-refractivity contribution in [1.82, 2.24) is 0 Å². The first-order chi connectivity index (χ1) is 14.2. The Balaban J connectivity index is 2.02. The maximum atomic E-state index is 13.0. The van der Waals surface area contributed by atoms with Crippen LogP contribution < -0.4 is 4.72 Å². The molecule has 0 saturated carbocycles. The van der Waals surface area contributed by atoms with Crippen molar-refractivity contribution in [3.05, 3.63) is 94.0 Å². The van der Waals surface area contributed by atoms with Gasteiger partial charge in [0.2, 0.25) is 0 Å². The molecule has 30 heavy (non-hydrogen) atoms. The van der Waals surface area contributed by atoms with Crippen molar-refractivity contribution < 1.29 is 22.7 Å². The monoisotopic (exact) mass is 443 g/mol. The number of esters is 1. The van der Waals surface area contributed by atoms with Crippen LogP contribution in [0.1, 0.15) is 31.8 Å². The number of carbonyl (C=O) groups excluding carboxylic acids is 2. The lowest BCUT2D eigenvalue weighted by Gasteiger charge is -2.14. The van der Waals surface area contributed by atoms with Crippen LogP contribution in [-0.2, 0) is 14.8 Å². The summed E-state index contributed by atoms with van der Waals surface area (Å²) in [4.78, 5) is 24.7. The van der Waals surface area contributed by atoms with Crippen LogP contribution in [0.3, 0.4) is 0 Å². The number of ether oxygens (including phenoxy) is 1. The van der Waals surface area contributed by atoms with Gasteiger partial charge in [0.05, 0.1) is 23.3 Å². The average Bonchev–Trinajstić information content (AvgIpc) is 2.74. The molecule has 1 N–H and O–H groups in total. The smallest absolute Gasteiger partial charge is 0.338 e. The van der Waals surface area contributed by atoms with Gasteiger partial charge >= 0.3 is 5.97 Å². The molecule has 0 heterocycles. The van der Waals surface area contributed by atoms with Crippen LogP contribution >= 0.6 is 11.6 Å². The largest absolute Gasteiger partial charge is 0.465 e. The number of aryl methyl sites for hydroxylation is 1. The molecule has 0 aliphatic carbocycles. The fourth-order valence-corrected chi connectivity index (χ4v) is 4.12. The number of halogens is 1. The molecular weight excluding hydrogens is 426 g/mol. The minimum Gasteiger partial charge on any atom is -0.465 e. The second-order valence-electron chi connectivity index (χ2n) is 6.46. The van der Waals surface area contributed by atoms with E-state index in [1.54, 1.807) is 37.3 Å². The van der Waals surface area contributed by atoms with E-state index >= 15 is 0 Å². The number of hydrogen-bond donors (Lipinski definition) is 1. The van der Waals surface area contributed by atoms with E-state index < -0.39 is 16.0 Å². The zero-order chi connectivity index (χ0) is 21.9. The first-order valence-electron chi connectivity index (χ1n) is 8.84. The zero-order valence-electron chi connectivity index (χ0n) is 16.2. The van der Waals surface area contributed by atoms with Crippen molar-refractivity contribution in [2.45, 2.75) is 11.8 Å².